The molecule has 0 bridgehead atoms. The van der Waals surface area contributed by atoms with Gasteiger partial charge in [0.2, 0.25) is 0 Å². The highest BCUT2D eigenvalue weighted by molar-refractivity contribution is 5.74. The van der Waals surface area contributed by atoms with E-state index in [4.69, 9.17) is 4.42 Å². The highest BCUT2D eigenvalue weighted by Crippen LogP contribution is 2.08. The maximum Gasteiger partial charge on any atom is 0.320 e. The van der Waals surface area contributed by atoms with Gasteiger partial charge in [-0.2, -0.15) is 0 Å². The second-order valence-electron chi connectivity index (χ2n) is 3.55. The Labute approximate surface area is 96.8 Å². The molecule has 1 heterocycles. The fourth-order valence-electron chi connectivity index (χ4n) is 1.60. The minimum absolute atomic E-state index is 0.0731. The Balaban J connectivity index is 2.63. The fraction of sp³-hybridized carbons (Fsp3) is 0.583. The van der Waals surface area contributed by atoms with Gasteiger partial charge in [0.15, 0.2) is 0 Å². The van der Waals surface area contributed by atoms with Crippen LogP contribution in [0.15, 0.2) is 22.8 Å². The van der Waals surface area contributed by atoms with Crippen molar-refractivity contribution in [3.63, 3.8) is 0 Å². The molecule has 4 heteroatoms. The molecule has 0 aliphatic heterocycles. The molecular weight excluding hydrogens is 204 g/mol. The van der Waals surface area contributed by atoms with Gasteiger partial charge in [0.1, 0.15) is 5.76 Å². The quantitative estimate of drug-likeness (QED) is 0.770. The Morgan fingerprint density at radius 3 is 2.25 bits per heavy atom. The molecule has 0 saturated heterocycles. The maximum atomic E-state index is 12.1. The highest BCUT2D eigenvalue weighted by Gasteiger charge is 2.17. The summed E-state index contributed by atoms with van der Waals surface area (Å²) < 4.78 is 5.25. The van der Waals surface area contributed by atoms with Crippen LogP contribution >= 0.6 is 0 Å². The van der Waals surface area contributed by atoms with Crippen LogP contribution in [0.2, 0.25) is 0 Å². The van der Waals surface area contributed by atoms with Gasteiger partial charge < -0.3 is 14.2 Å². The third-order valence-electron chi connectivity index (χ3n) is 2.61. The predicted molar refractivity (Wildman–Crippen MR) is 63.1 cm³/mol. The van der Waals surface area contributed by atoms with E-state index in [2.05, 4.69) is 0 Å². The van der Waals surface area contributed by atoms with Gasteiger partial charge in [-0.1, -0.05) is 0 Å². The van der Waals surface area contributed by atoms with Crippen molar-refractivity contribution in [1.82, 2.24) is 9.80 Å². The standard InChI is InChI=1S/C12H20N2O2/c1-4-13(5-2)12(15)14(6-3)10-11-8-7-9-16-11/h7-9H,4-6,10H2,1-3H3. The molecule has 0 saturated carbocycles. The molecule has 0 unspecified atom stereocenters. The molecule has 0 radical (unpaired) electrons. The first kappa shape index (κ1) is 12.6. The molecule has 0 spiro atoms. The monoisotopic (exact) mass is 224 g/mol. The van der Waals surface area contributed by atoms with Crippen molar-refractivity contribution in [2.24, 2.45) is 0 Å². The minimum atomic E-state index is 0.0731. The van der Waals surface area contributed by atoms with Crippen LogP contribution in [0.3, 0.4) is 0 Å². The molecule has 0 atom stereocenters. The lowest BCUT2D eigenvalue weighted by atomic mass is 10.4. The maximum absolute atomic E-state index is 12.1. The van der Waals surface area contributed by atoms with Gasteiger partial charge in [-0.3, -0.25) is 0 Å². The van der Waals surface area contributed by atoms with Gasteiger partial charge in [0.05, 0.1) is 12.8 Å². The third kappa shape index (κ3) is 3.02. The molecule has 1 rings (SSSR count). The molecule has 4 nitrogen and oxygen atoms in total. The summed E-state index contributed by atoms with van der Waals surface area (Å²) in [4.78, 5) is 15.7. The van der Waals surface area contributed by atoms with Gasteiger partial charge in [0.25, 0.3) is 0 Å². The third-order valence-corrected chi connectivity index (χ3v) is 2.61. The van der Waals surface area contributed by atoms with E-state index in [0.717, 1.165) is 18.8 Å². The number of nitrogens with zero attached hydrogens (tertiary/aromatic N) is 2. The Kier molecular flexibility index (Phi) is 4.89. The van der Waals surface area contributed by atoms with E-state index in [-0.39, 0.29) is 6.03 Å². The van der Waals surface area contributed by atoms with Crippen molar-refractivity contribution in [3.05, 3.63) is 24.2 Å². The second kappa shape index (κ2) is 6.20. The summed E-state index contributed by atoms with van der Waals surface area (Å²) in [7, 11) is 0. The average molecular weight is 224 g/mol. The summed E-state index contributed by atoms with van der Waals surface area (Å²) in [6, 6.07) is 3.80. The summed E-state index contributed by atoms with van der Waals surface area (Å²) in [5.74, 6) is 0.822. The first-order valence-corrected chi connectivity index (χ1v) is 5.79. The van der Waals surface area contributed by atoms with Gasteiger partial charge in [-0.15, -0.1) is 0 Å². The van der Waals surface area contributed by atoms with Crippen LogP contribution in [0, 0.1) is 0 Å². The zero-order valence-electron chi connectivity index (χ0n) is 10.3. The molecule has 0 aliphatic carbocycles. The first-order chi connectivity index (χ1) is 7.72. The molecule has 0 aliphatic rings. The molecule has 2 amide bonds. The van der Waals surface area contributed by atoms with E-state index in [1.54, 1.807) is 11.2 Å². The van der Waals surface area contributed by atoms with E-state index >= 15 is 0 Å². The van der Waals surface area contributed by atoms with Gasteiger partial charge in [-0.25, -0.2) is 4.79 Å². The summed E-state index contributed by atoms with van der Waals surface area (Å²) >= 11 is 0. The second-order valence-corrected chi connectivity index (χ2v) is 3.55. The topological polar surface area (TPSA) is 36.7 Å². The average Bonchev–Trinajstić information content (AvgIpc) is 2.80. The lowest BCUT2D eigenvalue weighted by Crippen LogP contribution is -2.42. The van der Waals surface area contributed by atoms with E-state index in [0.29, 0.717) is 13.1 Å². The van der Waals surface area contributed by atoms with E-state index in [1.165, 1.54) is 0 Å². The molecular formula is C12H20N2O2. The zero-order valence-corrected chi connectivity index (χ0v) is 10.3. The lowest BCUT2D eigenvalue weighted by molar-refractivity contribution is 0.153. The summed E-state index contributed by atoms with van der Waals surface area (Å²) in [6.07, 6.45) is 1.63. The van der Waals surface area contributed by atoms with E-state index in [9.17, 15) is 4.79 Å². The Bertz CT molecular complexity index is 305. The fourth-order valence-corrected chi connectivity index (χ4v) is 1.60. The predicted octanol–water partition coefficient (Wildman–Crippen LogP) is 2.56. The number of amides is 2. The number of rotatable bonds is 5. The number of urea groups is 1. The van der Waals surface area contributed by atoms with Gasteiger partial charge in [0, 0.05) is 19.6 Å². The normalized spacial score (nSPS) is 10.2. The van der Waals surface area contributed by atoms with Crippen LogP contribution in [0.25, 0.3) is 0 Å². The Morgan fingerprint density at radius 1 is 1.19 bits per heavy atom. The summed E-state index contributed by atoms with van der Waals surface area (Å²) in [5.41, 5.74) is 0. The Morgan fingerprint density at radius 2 is 1.81 bits per heavy atom. The lowest BCUT2D eigenvalue weighted by Gasteiger charge is -2.27. The zero-order chi connectivity index (χ0) is 12.0. The number of carbonyl (C=O) groups is 1. The number of hydrogen-bond acceptors (Lipinski definition) is 2. The minimum Gasteiger partial charge on any atom is -0.467 e. The van der Waals surface area contributed by atoms with Crippen molar-refractivity contribution < 1.29 is 9.21 Å². The molecule has 16 heavy (non-hydrogen) atoms. The van der Waals surface area contributed by atoms with Crippen molar-refractivity contribution in [2.45, 2.75) is 27.3 Å². The van der Waals surface area contributed by atoms with Crippen molar-refractivity contribution in [3.8, 4) is 0 Å². The van der Waals surface area contributed by atoms with Crippen LogP contribution in [0.5, 0.6) is 0 Å². The largest absolute Gasteiger partial charge is 0.467 e. The summed E-state index contributed by atoms with van der Waals surface area (Å²) in [6.45, 7) is 8.66. The number of carbonyl (C=O) groups excluding carboxylic acids is 1. The van der Waals surface area contributed by atoms with Crippen LogP contribution in [0.1, 0.15) is 26.5 Å². The molecule has 90 valence electrons. The van der Waals surface area contributed by atoms with Crippen molar-refractivity contribution in [1.29, 1.82) is 0 Å². The molecule has 1 aromatic heterocycles. The van der Waals surface area contributed by atoms with Crippen molar-refractivity contribution >= 4 is 6.03 Å². The smallest absolute Gasteiger partial charge is 0.320 e. The molecule has 0 N–H and O–H groups in total. The highest BCUT2D eigenvalue weighted by atomic mass is 16.3. The Hall–Kier alpha value is -1.45. The van der Waals surface area contributed by atoms with Crippen LogP contribution < -0.4 is 0 Å². The molecule has 1 aromatic rings. The van der Waals surface area contributed by atoms with Gasteiger partial charge >= 0.3 is 6.03 Å². The van der Waals surface area contributed by atoms with Crippen molar-refractivity contribution in [2.75, 3.05) is 19.6 Å². The van der Waals surface area contributed by atoms with Crippen LogP contribution in [-0.2, 0) is 6.54 Å². The number of hydrogen-bond donors (Lipinski definition) is 0. The molecule has 0 fully saturated rings. The first-order valence-electron chi connectivity index (χ1n) is 5.79. The summed E-state index contributed by atoms with van der Waals surface area (Å²) in [5, 5.41) is 0. The SMILES string of the molecule is CCN(CC)C(=O)N(CC)Cc1ccco1. The van der Waals surface area contributed by atoms with Crippen LogP contribution in [0.4, 0.5) is 4.79 Å². The van der Waals surface area contributed by atoms with E-state index in [1.807, 2.05) is 37.8 Å². The molecule has 0 aromatic carbocycles. The van der Waals surface area contributed by atoms with E-state index < -0.39 is 0 Å². The van der Waals surface area contributed by atoms with Crippen LogP contribution in [-0.4, -0.2) is 35.5 Å². The number of furan rings is 1. The van der Waals surface area contributed by atoms with Gasteiger partial charge in [-0.05, 0) is 32.9 Å².